The number of benzene rings is 2. The molecule has 0 saturated carbocycles. The molecule has 0 fully saturated rings. The standard InChI is InChI=1S/C17H21NO/c1-3-17(18,13-14-7-5-4-6-8-14)15-9-11-16(19-2)12-10-15/h4-12H,3,13,18H2,1-2H3. The van der Waals surface area contributed by atoms with E-state index in [1.54, 1.807) is 7.11 Å². The maximum atomic E-state index is 6.60. The van der Waals surface area contributed by atoms with E-state index in [0.29, 0.717) is 0 Å². The smallest absolute Gasteiger partial charge is 0.118 e. The van der Waals surface area contributed by atoms with Crippen LogP contribution in [0.25, 0.3) is 0 Å². The average molecular weight is 255 g/mol. The Hall–Kier alpha value is -1.80. The van der Waals surface area contributed by atoms with Gasteiger partial charge in [0.1, 0.15) is 5.75 Å². The van der Waals surface area contributed by atoms with Gasteiger partial charge in [0.15, 0.2) is 0 Å². The summed E-state index contributed by atoms with van der Waals surface area (Å²) in [6, 6.07) is 18.5. The highest BCUT2D eigenvalue weighted by Gasteiger charge is 2.25. The Labute approximate surface area is 115 Å². The Morgan fingerprint density at radius 1 is 1.00 bits per heavy atom. The van der Waals surface area contributed by atoms with Crippen LogP contribution in [0.2, 0.25) is 0 Å². The number of hydrogen-bond acceptors (Lipinski definition) is 2. The van der Waals surface area contributed by atoms with Crippen molar-refractivity contribution < 1.29 is 4.74 Å². The van der Waals surface area contributed by atoms with Gasteiger partial charge in [-0.05, 0) is 36.1 Å². The third kappa shape index (κ3) is 3.15. The van der Waals surface area contributed by atoms with Gasteiger partial charge in [0.2, 0.25) is 0 Å². The third-order valence-corrected chi connectivity index (χ3v) is 3.66. The molecule has 0 radical (unpaired) electrons. The molecule has 0 heterocycles. The summed E-state index contributed by atoms with van der Waals surface area (Å²) in [7, 11) is 1.68. The van der Waals surface area contributed by atoms with E-state index in [1.807, 2.05) is 18.2 Å². The van der Waals surface area contributed by atoms with Gasteiger partial charge in [0.05, 0.1) is 7.11 Å². The van der Waals surface area contributed by atoms with Crippen molar-refractivity contribution >= 4 is 0 Å². The summed E-state index contributed by atoms with van der Waals surface area (Å²) in [5.41, 5.74) is 8.69. The molecular weight excluding hydrogens is 234 g/mol. The van der Waals surface area contributed by atoms with Crippen molar-refractivity contribution in [1.82, 2.24) is 0 Å². The van der Waals surface area contributed by atoms with Gasteiger partial charge in [-0.3, -0.25) is 0 Å². The van der Waals surface area contributed by atoms with Gasteiger partial charge in [-0.25, -0.2) is 0 Å². The van der Waals surface area contributed by atoms with Gasteiger partial charge in [-0.2, -0.15) is 0 Å². The van der Waals surface area contributed by atoms with Crippen molar-refractivity contribution in [2.75, 3.05) is 7.11 Å². The minimum absolute atomic E-state index is 0.326. The first-order chi connectivity index (χ1) is 9.18. The van der Waals surface area contributed by atoms with Crippen LogP contribution in [0.5, 0.6) is 5.75 Å². The van der Waals surface area contributed by atoms with Crippen molar-refractivity contribution in [3.63, 3.8) is 0 Å². The third-order valence-electron chi connectivity index (χ3n) is 3.66. The monoisotopic (exact) mass is 255 g/mol. The molecule has 2 nitrogen and oxygen atoms in total. The molecular formula is C17H21NO. The Bertz CT molecular complexity index is 507. The van der Waals surface area contributed by atoms with Crippen molar-refractivity contribution in [1.29, 1.82) is 0 Å². The van der Waals surface area contributed by atoms with Crippen LogP contribution in [0.4, 0.5) is 0 Å². The largest absolute Gasteiger partial charge is 0.497 e. The van der Waals surface area contributed by atoms with Gasteiger partial charge < -0.3 is 10.5 Å². The number of rotatable bonds is 5. The van der Waals surface area contributed by atoms with Crippen molar-refractivity contribution in [3.05, 3.63) is 65.7 Å². The summed E-state index contributed by atoms with van der Waals surface area (Å²) < 4.78 is 5.19. The summed E-state index contributed by atoms with van der Waals surface area (Å²) in [6.45, 7) is 2.13. The number of methoxy groups -OCH3 is 1. The number of hydrogen-bond donors (Lipinski definition) is 1. The van der Waals surface area contributed by atoms with Gasteiger partial charge in [-0.1, -0.05) is 49.4 Å². The van der Waals surface area contributed by atoms with E-state index in [4.69, 9.17) is 10.5 Å². The lowest BCUT2D eigenvalue weighted by molar-refractivity contribution is 0.409. The fourth-order valence-corrected chi connectivity index (χ4v) is 2.31. The van der Waals surface area contributed by atoms with Crippen LogP contribution in [0, 0.1) is 0 Å². The van der Waals surface area contributed by atoms with E-state index < -0.39 is 0 Å². The SMILES string of the molecule is CCC(N)(Cc1ccccc1)c1ccc(OC)cc1. The molecule has 0 aromatic heterocycles. The molecule has 1 unspecified atom stereocenters. The van der Waals surface area contributed by atoms with E-state index >= 15 is 0 Å². The Morgan fingerprint density at radius 3 is 2.16 bits per heavy atom. The van der Waals surface area contributed by atoms with Crippen molar-refractivity contribution in [2.45, 2.75) is 25.3 Å². The predicted octanol–water partition coefficient (Wildman–Crippen LogP) is 3.50. The first-order valence-corrected chi connectivity index (χ1v) is 6.65. The zero-order valence-corrected chi connectivity index (χ0v) is 11.6. The van der Waals surface area contributed by atoms with Crippen molar-refractivity contribution in [3.8, 4) is 5.75 Å². The summed E-state index contributed by atoms with van der Waals surface area (Å²) >= 11 is 0. The highest BCUT2D eigenvalue weighted by atomic mass is 16.5. The molecule has 0 aliphatic heterocycles. The fraction of sp³-hybridized carbons (Fsp3) is 0.294. The summed E-state index contributed by atoms with van der Waals surface area (Å²) in [4.78, 5) is 0. The summed E-state index contributed by atoms with van der Waals surface area (Å²) in [5.74, 6) is 0.863. The molecule has 1 atom stereocenters. The maximum Gasteiger partial charge on any atom is 0.118 e. The maximum absolute atomic E-state index is 6.60. The molecule has 0 amide bonds. The first-order valence-electron chi connectivity index (χ1n) is 6.65. The van der Waals surface area contributed by atoms with Gasteiger partial charge in [-0.15, -0.1) is 0 Å². The number of ether oxygens (including phenoxy) is 1. The fourth-order valence-electron chi connectivity index (χ4n) is 2.31. The molecule has 2 N–H and O–H groups in total. The minimum atomic E-state index is -0.326. The molecule has 2 aromatic rings. The van der Waals surface area contributed by atoms with Gasteiger partial charge >= 0.3 is 0 Å². The lowest BCUT2D eigenvalue weighted by Gasteiger charge is -2.29. The molecule has 0 aliphatic carbocycles. The molecule has 2 aromatic carbocycles. The highest BCUT2D eigenvalue weighted by Crippen LogP contribution is 2.28. The second-order valence-electron chi connectivity index (χ2n) is 4.90. The first kappa shape index (κ1) is 13.6. The normalized spacial score (nSPS) is 13.8. The van der Waals surface area contributed by atoms with Gasteiger partial charge in [0.25, 0.3) is 0 Å². The lowest BCUT2D eigenvalue weighted by atomic mass is 9.82. The zero-order valence-electron chi connectivity index (χ0n) is 11.6. The summed E-state index contributed by atoms with van der Waals surface area (Å²) in [5, 5.41) is 0. The topological polar surface area (TPSA) is 35.2 Å². The van der Waals surface area contributed by atoms with Gasteiger partial charge in [0, 0.05) is 5.54 Å². The Morgan fingerprint density at radius 2 is 1.63 bits per heavy atom. The van der Waals surface area contributed by atoms with Crippen LogP contribution in [0.15, 0.2) is 54.6 Å². The Balaban J connectivity index is 2.25. The molecule has 2 rings (SSSR count). The van der Waals surface area contributed by atoms with E-state index in [0.717, 1.165) is 24.2 Å². The average Bonchev–Trinajstić information content (AvgIpc) is 2.48. The molecule has 0 spiro atoms. The molecule has 19 heavy (non-hydrogen) atoms. The zero-order chi connectivity index (χ0) is 13.7. The van der Waals surface area contributed by atoms with Crippen LogP contribution in [-0.4, -0.2) is 7.11 Å². The quantitative estimate of drug-likeness (QED) is 0.887. The molecule has 0 bridgehead atoms. The molecule has 0 saturated heterocycles. The lowest BCUT2D eigenvalue weighted by Crippen LogP contribution is -2.38. The molecule has 2 heteroatoms. The molecule has 100 valence electrons. The van der Waals surface area contributed by atoms with E-state index in [9.17, 15) is 0 Å². The van der Waals surface area contributed by atoms with E-state index in [2.05, 4.69) is 43.3 Å². The second-order valence-corrected chi connectivity index (χ2v) is 4.90. The van der Waals surface area contributed by atoms with Crippen LogP contribution < -0.4 is 10.5 Å². The Kier molecular flexibility index (Phi) is 4.23. The minimum Gasteiger partial charge on any atom is -0.497 e. The van der Waals surface area contributed by atoms with E-state index in [1.165, 1.54) is 5.56 Å². The molecule has 0 aliphatic rings. The van der Waals surface area contributed by atoms with Crippen LogP contribution in [0.1, 0.15) is 24.5 Å². The second kappa shape index (κ2) is 5.89. The number of nitrogens with two attached hydrogens (primary N) is 1. The summed E-state index contributed by atoms with van der Waals surface area (Å²) in [6.07, 6.45) is 1.74. The predicted molar refractivity (Wildman–Crippen MR) is 79.3 cm³/mol. The van der Waals surface area contributed by atoms with Crippen LogP contribution >= 0.6 is 0 Å². The van der Waals surface area contributed by atoms with Crippen molar-refractivity contribution in [2.24, 2.45) is 5.73 Å². The van der Waals surface area contributed by atoms with Crippen LogP contribution in [-0.2, 0) is 12.0 Å². The van der Waals surface area contributed by atoms with E-state index in [-0.39, 0.29) is 5.54 Å². The highest BCUT2D eigenvalue weighted by molar-refractivity contribution is 5.33. The van der Waals surface area contributed by atoms with Crippen LogP contribution in [0.3, 0.4) is 0 Å².